The van der Waals surface area contributed by atoms with Crippen molar-refractivity contribution in [3.8, 4) is 16.3 Å². The number of nitrogens with one attached hydrogen (secondary N) is 1. The molecule has 11 heteroatoms. The number of imidazole rings is 1. The highest BCUT2D eigenvalue weighted by Gasteiger charge is 2.19. The van der Waals surface area contributed by atoms with E-state index in [0.717, 1.165) is 24.2 Å². The van der Waals surface area contributed by atoms with Gasteiger partial charge in [0.05, 0.1) is 7.11 Å². The maximum Gasteiger partial charge on any atom is 0.358 e. The molecule has 3 aromatic heterocycles. The van der Waals surface area contributed by atoms with Crippen LogP contribution < -0.4 is 16.0 Å². The van der Waals surface area contributed by atoms with Crippen molar-refractivity contribution in [2.75, 3.05) is 7.11 Å². The van der Waals surface area contributed by atoms with Crippen molar-refractivity contribution in [1.82, 2.24) is 24.1 Å². The predicted molar refractivity (Wildman–Crippen MR) is 124 cm³/mol. The first-order valence-corrected chi connectivity index (χ1v) is 11.3. The zero-order valence-corrected chi connectivity index (χ0v) is 19.3. The van der Waals surface area contributed by atoms with Gasteiger partial charge in [-0.3, -0.25) is 14.3 Å². The minimum Gasteiger partial charge on any atom is -0.497 e. The molecular formula is C22H23N5O5S. The van der Waals surface area contributed by atoms with Gasteiger partial charge in [-0.05, 0) is 30.7 Å². The Morgan fingerprint density at radius 3 is 2.64 bits per heavy atom. The number of fused-ring (bicyclic) bond motifs is 1. The maximum atomic E-state index is 12.6. The van der Waals surface area contributed by atoms with E-state index in [1.807, 2.05) is 31.2 Å². The number of carbonyl (C=O) groups is 1. The number of methoxy groups -OCH3 is 1. The SMILES string of the molecule is CCCCn1c(=O)[nH]c(=O)c2c1nc(COC(=O)c1csc(-c3ccc(OC)cc3)n1)n2C. The standard InChI is InChI=1S/C22H23N5O5S/c1-4-5-10-27-18-17(19(28)25-22(27)30)26(2)16(24-18)11-32-21(29)15-12-33-20(23-15)13-6-8-14(31-3)9-7-13/h6-9,12H,4-5,10-11H2,1-3H3,(H,25,28,30). The van der Waals surface area contributed by atoms with Gasteiger partial charge in [-0.15, -0.1) is 11.3 Å². The number of hydrogen-bond donors (Lipinski definition) is 1. The summed E-state index contributed by atoms with van der Waals surface area (Å²) in [5.41, 5.74) is 0.547. The van der Waals surface area contributed by atoms with Crippen molar-refractivity contribution in [2.24, 2.45) is 7.05 Å². The van der Waals surface area contributed by atoms with Crippen LogP contribution in [0.4, 0.5) is 0 Å². The maximum absolute atomic E-state index is 12.6. The molecule has 0 atom stereocenters. The molecule has 0 fully saturated rings. The number of aryl methyl sites for hydroxylation is 2. The first-order chi connectivity index (χ1) is 15.9. The van der Waals surface area contributed by atoms with Gasteiger partial charge < -0.3 is 14.0 Å². The lowest BCUT2D eigenvalue weighted by atomic mass is 10.2. The Morgan fingerprint density at radius 1 is 1.18 bits per heavy atom. The minimum atomic E-state index is -0.602. The van der Waals surface area contributed by atoms with Crippen molar-refractivity contribution in [2.45, 2.75) is 32.9 Å². The van der Waals surface area contributed by atoms with E-state index in [9.17, 15) is 14.4 Å². The molecule has 1 N–H and O–H groups in total. The van der Waals surface area contributed by atoms with Crippen molar-refractivity contribution >= 4 is 28.5 Å². The van der Waals surface area contributed by atoms with Crippen LogP contribution in [-0.2, 0) is 24.9 Å². The van der Waals surface area contributed by atoms with Crippen LogP contribution in [0.3, 0.4) is 0 Å². The van der Waals surface area contributed by atoms with Gasteiger partial charge in [-0.1, -0.05) is 13.3 Å². The highest BCUT2D eigenvalue weighted by molar-refractivity contribution is 7.13. The summed E-state index contributed by atoms with van der Waals surface area (Å²) in [5.74, 6) is 0.483. The molecule has 10 nitrogen and oxygen atoms in total. The highest BCUT2D eigenvalue weighted by Crippen LogP contribution is 2.26. The molecule has 172 valence electrons. The average Bonchev–Trinajstić information content (AvgIpc) is 3.43. The van der Waals surface area contributed by atoms with Crippen LogP contribution in [0.15, 0.2) is 39.2 Å². The van der Waals surface area contributed by atoms with Gasteiger partial charge in [0.1, 0.15) is 23.2 Å². The number of aromatic nitrogens is 5. The molecule has 0 amide bonds. The Kier molecular flexibility index (Phi) is 6.40. The highest BCUT2D eigenvalue weighted by atomic mass is 32.1. The summed E-state index contributed by atoms with van der Waals surface area (Å²) in [6.07, 6.45) is 1.65. The van der Waals surface area contributed by atoms with Crippen LogP contribution in [0.1, 0.15) is 36.1 Å². The van der Waals surface area contributed by atoms with Gasteiger partial charge in [0.15, 0.2) is 16.9 Å². The number of esters is 1. The lowest BCUT2D eigenvalue weighted by Gasteiger charge is -2.04. The second-order valence-corrected chi connectivity index (χ2v) is 8.22. The summed E-state index contributed by atoms with van der Waals surface area (Å²) in [6, 6.07) is 7.37. The number of carbonyl (C=O) groups excluding carboxylic acids is 1. The van der Waals surface area contributed by atoms with E-state index >= 15 is 0 Å². The van der Waals surface area contributed by atoms with Crippen molar-refractivity contribution < 1.29 is 14.3 Å². The van der Waals surface area contributed by atoms with E-state index in [1.54, 1.807) is 19.5 Å². The molecule has 0 unspecified atom stereocenters. The van der Waals surface area contributed by atoms with Crippen LogP contribution in [0.25, 0.3) is 21.7 Å². The molecule has 4 aromatic rings. The van der Waals surface area contributed by atoms with E-state index in [4.69, 9.17) is 9.47 Å². The molecule has 0 spiro atoms. The number of rotatable bonds is 8. The third-order valence-electron chi connectivity index (χ3n) is 5.22. The minimum absolute atomic E-state index is 0.166. The molecule has 0 aliphatic carbocycles. The molecule has 0 bridgehead atoms. The third kappa shape index (κ3) is 4.44. The second-order valence-electron chi connectivity index (χ2n) is 7.37. The van der Waals surface area contributed by atoms with Gasteiger partial charge in [-0.25, -0.2) is 19.6 Å². The van der Waals surface area contributed by atoms with E-state index in [0.29, 0.717) is 17.4 Å². The summed E-state index contributed by atoms with van der Waals surface area (Å²) in [5, 5.41) is 2.31. The topological polar surface area (TPSA) is 121 Å². The largest absolute Gasteiger partial charge is 0.497 e. The first kappa shape index (κ1) is 22.5. The van der Waals surface area contributed by atoms with Crippen LogP contribution in [0.5, 0.6) is 5.75 Å². The molecule has 0 aliphatic heterocycles. The van der Waals surface area contributed by atoms with Gasteiger partial charge >= 0.3 is 11.7 Å². The molecule has 1 aromatic carbocycles. The molecule has 0 saturated carbocycles. The molecule has 0 radical (unpaired) electrons. The van der Waals surface area contributed by atoms with Gasteiger partial charge in [0.2, 0.25) is 0 Å². The normalized spacial score (nSPS) is 11.1. The fourth-order valence-corrected chi connectivity index (χ4v) is 4.18. The van der Waals surface area contributed by atoms with Gasteiger partial charge in [0, 0.05) is 24.5 Å². The van der Waals surface area contributed by atoms with Crippen molar-refractivity contribution in [3.05, 3.63) is 62.0 Å². The van der Waals surface area contributed by atoms with Crippen LogP contribution in [-0.4, -0.2) is 37.2 Å². The Morgan fingerprint density at radius 2 is 1.94 bits per heavy atom. The van der Waals surface area contributed by atoms with Crippen LogP contribution in [0.2, 0.25) is 0 Å². The Hall–Kier alpha value is -3.73. The molecule has 3 heterocycles. The summed E-state index contributed by atoms with van der Waals surface area (Å²) in [4.78, 5) is 48.3. The molecule has 0 saturated heterocycles. The number of hydrogen-bond acceptors (Lipinski definition) is 8. The Balaban J connectivity index is 1.54. The number of ether oxygens (including phenoxy) is 2. The number of unbranched alkanes of at least 4 members (excludes halogenated alkanes) is 1. The molecule has 4 rings (SSSR count). The lowest BCUT2D eigenvalue weighted by Crippen LogP contribution is -2.31. The Bertz CT molecular complexity index is 1410. The molecular weight excluding hydrogens is 446 g/mol. The number of H-pyrrole nitrogens is 1. The van der Waals surface area contributed by atoms with E-state index < -0.39 is 17.2 Å². The van der Waals surface area contributed by atoms with E-state index in [1.165, 1.54) is 20.5 Å². The number of thiazole rings is 1. The molecule has 33 heavy (non-hydrogen) atoms. The quantitative estimate of drug-likeness (QED) is 0.394. The van der Waals surface area contributed by atoms with Gasteiger partial charge in [-0.2, -0.15) is 0 Å². The van der Waals surface area contributed by atoms with E-state index in [-0.39, 0.29) is 23.5 Å². The number of aromatic amines is 1. The predicted octanol–water partition coefficient (Wildman–Crippen LogP) is 2.71. The monoisotopic (exact) mass is 469 g/mol. The fraction of sp³-hybridized carbons (Fsp3) is 0.318. The summed E-state index contributed by atoms with van der Waals surface area (Å²) >= 11 is 1.33. The summed E-state index contributed by atoms with van der Waals surface area (Å²) in [7, 11) is 3.24. The second kappa shape index (κ2) is 9.41. The fourth-order valence-electron chi connectivity index (χ4n) is 3.38. The average molecular weight is 470 g/mol. The summed E-state index contributed by atoms with van der Waals surface area (Å²) < 4.78 is 13.5. The van der Waals surface area contributed by atoms with Crippen LogP contribution in [0, 0.1) is 0 Å². The van der Waals surface area contributed by atoms with Crippen molar-refractivity contribution in [1.29, 1.82) is 0 Å². The third-order valence-corrected chi connectivity index (χ3v) is 6.11. The number of nitrogens with zero attached hydrogens (tertiary/aromatic N) is 4. The zero-order valence-electron chi connectivity index (χ0n) is 18.5. The molecule has 0 aliphatic rings. The lowest BCUT2D eigenvalue weighted by molar-refractivity contribution is 0.0453. The smallest absolute Gasteiger partial charge is 0.358 e. The van der Waals surface area contributed by atoms with Crippen molar-refractivity contribution in [3.63, 3.8) is 0 Å². The summed E-state index contributed by atoms with van der Waals surface area (Å²) in [6.45, 7) is 2.28. The van der Waals surface area contributed by atoms with E-state index in [2.05, 4.69) is 15.0 Å². The number of benzene rings is 1. The Labute approximate surface area is 192 Å². The first-order valence-electron chi connectivity index (χ1n) is 10.4. The van der Waals surface area contributed by atoms with Crippen LogP contribution >= 0.6 is 11.3 Å². The van der Waals surface area contributed by atoms with Gasteiger partial charge in [0.25, 0.3) is 5.56 Å². The zero-order chi connectivity index (χ0) is 23.5.